The van der Waals surface area contributed by atoms with E-state index in [0.717, 1.165) is 44.3 Å². The summed E-state index contributed by atoms with van der Waals surface area (Å²) in [6, 6.07) is 10.8. The average Bonchev–Trinajstić information content (AvgIpc) is 3.23. The number of rotatable bonds is 23. The third kappa shape index (κ3) is 20.7. The summed E-state index contributed by atoms with van der Waals surface area (Å²) in [4.78, 5) is 91.2. The molecule has 2 aromatic carbocycles. The molecule has 5 amide bonds. The van der Waals surface area contributed by atoms with Crippen molar-refractivity contribution in [3.63, 3.8) is 0 Å². The molecule has 0 radical (unpaired) electrons. The van der Waals surface area contributed by atoms with Crippen molar-refractivity contribution in [1.29, 1.82) is 0 Å². The van der Waals surface area contributed by atoms with Gasteiger partial charge in [0.15, 0.2) is 6.04 Å². The number of carboxylic acids is 1. The minimum atomic E-state index is -5.08. The number of amides is 5. The first-order valence-corrected chi connectivity index (χ1v) is 21.3. The number of aliphatic hydroxyl groups excluding tert-OH is 1. The minimum Gasteiger partial charge on any atom is -0.475 e. The van der Waals surface area contributed by atoms with Crippen LogP contribution in [0.25, 0.3) is 0 Å². The van der Waals surface area contributed by atoms with Crippen molar-refractivity contribution in [3.05, 3.63) is 71.3 Å². The van der Waals surface area contributed by atoms with Crippen LogP contribution >= 0.6 is 0 Å². The van der Waals surface area contributed by atoms with Crippen molar-refractivity contribution >= 4 is 41.5 Å². The first-order chi connectivity index (χ1) is 29.9. The van der Waals surface area contributed by atoms with E-state index in [1.165, 1.54) is 6.92 Å². The van der Waals surface area contributed by atoms with E-state index in [1.54, 1.807) is 12.1 Å². The number of ether oxygens (including phenoxy) is 1. The molecule has 0 saturated carbocycles. The number of unbranched alkanes of at least 4 members (excludes halogenated alkanes) is 1. The Morgan fingerprint density at radius 2 is 1.22 bits per heavy atom. The predicted octanol–water partition coefficient (Wildman–Crippen LogP) is 3.64. The van der Waals surface area contributed by atoms with Crippen LogP contribution in [0.15, 0.2) is 54.6 Å². The molecular formula is C45H67F3N6O10. The maximum Gasteiger partial charge on any atom is 0.490 e. The number of nitrogens with zero attached hydrogens (tertiary/aromatic N) is 1. The molecule has 0 aliphatic carbocycles. The molecule has 19 heteroatoms. The zero-order valence-corrected chi connectivity index (χ0v) is 38.3. The molecule has 0 aromatic heterocycles. The minimum absolute atomic E-state index is 0.0479. The highest BCUT2D eigenvalue weighted by Gasteiger charge is 2.38. The highest BCUT2D eigenvalue weighted by molar-refractivity contribution is 5.99. The van der Waals surface area contributed by atoms with Crippen LogP contribution in [0.2, 0.25) is 0 Å². The molecular weight excluding hydrogens is 842 g/mol. The number of aliphatic carboxylic acids is 1. The van der Waals surface area contributed by atoms with Gasteiger partial charge in [0.25, 0.3) is 5.91 Å². The Labute approximate surface area is 373 Å². The molecule has 5 atom stereocenters. The second kappa shape index (κ2) is 27.6. The molecule has 0 unspecified atom stereocenters. The van der Waals surface area contributed by atoms with Gasteiger partial charge in [-0.05, 0) is 86.8 Å². The zero-order chi connectivity index (χ0) is 48.8. The Morgan fingerprint density at radius 1 is 0.703 bits per heavy atom. The molecule has 0 spiro atoms. The van der Waals surface area contributed by atoms with Crippen LogP contribution in [-0.4, -0.2) is 126 Å². The van der Waals surface area contributed by atoms with E-state index in [2.05, 4.69) is 70.8 Å². The topological polar surface area (TPSA) is 233 Å². The number of carbonyl (C=O) groups excluding carboxylic acids is 6. The van der Waals surface area contributed by atoms with Crippen LogP contribution in [0.1, 0.15) is 103 Å². The number of alkyl halides is 3. The van der Waals surface area contributed by atoms with Crippen LogP contribution in [0, 0.1) is 5.92 Å². The fourth-order valence-electron chi connectivity index (χ4n) is 6.16. The van der Waals surface area contributed by atoms with Gasteiger partial charge in [0.05, 0.1) is 13.7 Å². The number of hydrogen-bond acceptors (Lipinski definition) is 10. The highest BCUT2D eigenvalue weighted by Crippen LogP contribution is 2.22. The number of halogens is 3. The maximum absolute atomic E-state index is 13.8. The quantitative estimate of drug-likeness (QED) is 0.0629. The fraction of sp³-hybridized carbons (Fsp3) is 0.578. The molecule has 0 aliphatic heterocycles. The number of esters is 1. The molecule has 64 heavy (non-hydrogen) atoms. The Kier molecular flexibility index (Phi) is 24.3. The summed E-state index contributed by atoms with van der Waals surface area (Å²) in [7, 11) is 1.14. The van der Waals surface area contributed by atoms with Crippen LogP contribution in [0.4, 0.5) is 13.2 Å². The van der Waals surface area contributed by atoms with Gasteiger partial charge in [-0.3, -0.25) is 24.0 Å². The van der Waals surface area contributed by atoms with Gasteiger partial charge in [0, 0.05) is 12.0 Å². The van der Waals surface area contributed by atoms with E-state index in [9.17, 15) is 47.0 Å². The first kappa shape index (κ1) is 56.5. The Hall–Kier alpha value is -5.56. The number of aliphatic hydroxyl groups is 1. The van der Waals surface area contributed by atoms with Gasteiger partial charge in [-0.15, -0.1) is 0 Å². The lowest BCUT2D eigenvalue weighted by molar-refractivity contribution is -0.192. The van der Waals surface area contributed by atoms with E-state index < -0.39 is 84.5 Å². The summed E-state index contributed by atoms with van der Waals surface area (Å²) in [6.45, 7) is 17.4. The lowest BCUT2D eigenvalue weighted by Gasteiger charge is -2.27. The lowest BCUT2D eigenvalue weighted by atomic mass is 9.86. The Bertz CT molecular complexity index is 1800. The van der Waals surface area contributed by atoms with Crippen LogP contribution in [-0.2, 0) is 45.3 Å². The molecule has 2 rings (SSSR count). The highest BCUT2D eigenvalue weighted by atomic mass is 19.4. The molecule has 7 N–H and O–H groups in total. The molecule has 358 valence electrons. The van der Waals surface area contributed by atoms with Crippen molar-refractivity contribution < 1.29 is 61.7 Å². The van der Waals surface area contributed by atoms with Crippen molar-refractivity contribution in [1.82, 2.24) is 31.5 Å². The third-order valence-electron chi connectivity index (χ3n) is 9.98. The number of hydrogen-bond donors (Lipinski definition) is 7. The summed E-state index contributed by atoms with van der Waals surface area (Å²) in [5, 5.41) is 30.3. The van der Waals surface area contributed by atoms with Crippen molar-refractivity contribution in [2.75, 3.05) is 33.4 Å². The SMILES string of the molecule is CCN(CC)CCCC[C@H](NC(=O)[C@H](CC(C)C)NC(=O)[C@H](C)NC(=O)[C@H](Cc1ccccc1)NC(=O)c1ccc(C(C)(C)C)cc1)C(=O)N[C@@H](CO)C(=O)OC.O=C(O)C(F)(F)F. The predicted molar refractivity (Wildman–Crippen MR) is 234 cm³/mol. The summed E-state index contributed by atoms with van der Waals surface area (Å²) < 4.78 is 36.4. The molecule has 0 saturated heterocycles. The lowest BCUT2D eigenvalue weighted by Crippen LogP contribution is -2.59. The van der Waals surface area contributed by atoms with Gasteiger partial charge >= 0.3 is 18.1 Å². The number of carbonyl (C=O) groups is 7. The van der Waals surface area contributed by atoms with Crippen LogP contribution in [0.5, 0.6) is 0 Å². The second-order valence-corrected chi connectivity index (χ2v) is 16.6. The smallest absolute Gasteiger partial charge is 0.475 e. The van der Waals surface area contributed by atoms with Gasteiger partial charge in [-0.1, -0.05) is 90.9 Å². The largest absolute Gasteiger partial charge is 0.490 e. The normalized spacial score (nSPS) is 13.8. The summed E-state index contributed by atoms with van der Waals surface area (Å²) in [5.41, 5.74) is 2.14. The molecule has 2 aromatic rings. The van der Waals surface area contributed by atoms with Gasteiger partial charge in [-0.25, -0.2) is 9.59 Å². The van der Waals surface area contributed by atoms with E-state index >= 15 is 0 Å². The van der Waals surface area contributed by atoms with Gasteiger partial charge in [0.1, 0.15) is 24.2 Å². The van der Waals surface area contributed by atoms with E-state index in [1.807, 2.05) is 56.3 Å². The number of benzene rings is 2. The van der Waals surface area contributed by atoms with Gasteiger partial charge < -0.3 is 46.4 Å². The van der Waals surface area contributed by atoms with Crippen molar-refractivity contribution in [2.24, 2.45) is 5.92 Å². The zero-order valence-electron chi connectivity index (χ0n) is 38.3. The fourth-order valence-corrected chi connectivity index (χ4v) is 6.16. The van der Waals surface area contributed by atoms with Gasteiger partial charge in [-0.2, -0.15) is 13.2 Å². The van der Waals surface area contributed by atoms with Gasteiger partial charge in [0.2, 0.25) is 23.6 Å². The Balaban J connectivity index is 0.00000269. The van der Waals surface area contributed by atoms with Crippen molar-refractivity contribution in [2.45, 2.75) is 129 Å². The maximum atomic E-state index is 13.8. The van der Waals surface area contributed by atoms with E-state index in [4.69, 9.17) is 9.90 Å². The molecule has 0 bridgehead atoms. The Morgan fingerprint density at radius 3 is 1.70 bits per heavy atom. The standard InChI is InChI=1S/C43H66N6O8.C2HF3O2/c1-10-49(11-2)24-16-15-19-33(39(53)48-36(27-50)42(56)57-9)45-41(55)34(25-28(3)4)46-37(51)29(5)44-40(54)35(26-30-17-13-12-14-18-30)47-38(52)31-20-22-32(23-21-31)43(6,7)8;3-2(4,5)1(6)7/h12-14,17-18,20-23,28-29,33-36,50H,10-11,15-16,19,24-27H2,1-9H3,(H,44,54)(H,45,55)(H,46,51)(H,47,52)(H,48,53);(H,6,7)/t29-,33-,34-,35-,36-;/m0./s1. The number of nitrogens with one attached hydrogen (secondary N) is 5. The van der Waals surface area contributed by atoms with E-state index in [-0.39, 0.29) is 30.6 Å². The van der Waals surface area contributed by atoms with Crippen molar-refractivity contribution in [3.8, 4) is 0 Å². The molecule has 0 heterocycles. The van der Waals surface area contributed by atoms with E-state index in [0.29, 0.717) is 12.0 Å². The average molecular weight is 909 g/mol. The second-order valence-electron chi connectivity index (χ2n) is 16.6. The van der Waals surface area contributed by atoms with Crippen LogP contribution < -0.4 is 26.6 Å². The first-order valence-electron chi connectivity index (χ1n) is 21.3. The summed E-state index contributed by atoms with van der Waals surface area (Å²) >= 11 is 0. The third-order valence-corrected chi connectivity index (χ3v) is 9.98. The summed E-state index contributed by atoms with van der Waals surface area (Å²) in [6.07, 6.45) is -3.14. The molecule has 0 fully saturated rings. The molecule has 0 aliphatic rings. The number of carboxylic acid groups (broad SMARTS) is 1. The summed E-state index contributed by atoms with van der Waals surface area (Å²) in [5.74, 6) is -6.61. The van der Waals surface area contributed by atoms with Crippen LogP contribution in [0.3, 0.4) is 0 Å². The monoisotopic (exact) mass is 908 g/mol. The number of methoxy groups -OCH3 is 1. The molecule has 16 nitrogen and oxygen atoms in total.